The average molecular weight is 435 g/mol. The molecule has 1 fully saturated rings. The molecule has 0 heterocycles. The normalized spacial score (nSPS) is 14.2. The van der Waals surface area contributed by atoms with E-state index in [1.54, 1.807) is 0 Å². The molecule has 0 radical (unpaired) electrons. The summed E-state index contributed by atoms with van der Waals surface area (Å²) >= 11 is 0. The summed E-state index contributed by atoms with van der Waals surface area (Å²) in [5.41, 5.74) is 2.65. The number of nitrogens with one attached hydrogen (secondary N) is 2. The van der Waals surface area contributed by atoms with Gasteiger partial charge in [0.2, 0.25) is 0 Å². The Bertz CT molecular complexity index is 584. The number of guanidine groups is 1. The summed E-state index contributed by atoms with van der Waals surface area (Å²) in [7, 11) is 1.84. The summed E-state index contributed by atoms with van der Waals surface area (Å²) in [6.45, 7) is 1.86. The van der Waals surface area contributed by atoms with Crippen molar-refractivity contribution in [1.82, 2.24) is 10.6 Å². The van der Waals surface area contributed by atoms with Gasteiger partial charge in [0, 0.05) is 26.1 Å². The molecule has 2 aromatic rings. The highest BCUT2D eigenvalue weighted by atomic mass is 127. The van der Waals surface area contributed by atoms with Crippen LogP contribution in [0.1, 0.15) is 29.9 Å². The third kappa shape index (κ3) is 5.51. The Kier molecular flexibility index (Phi) is 7.56. The monoisotopic (exact) mass is 435 g/mol. The van der Waals surface area contributed by atoms with E-state index in [4.69, 9.17) is 0 Å². The van der Waals surface area contributed by atoms with Gasteiger partial charge in [-0.1, -0.05) is 60.7 Å². The first-order chi connectivity index (χ1) is 11.4. The van der Waals surface area contributed by atoms with Crippen molar-refractivity contribution >= 4 is 29.9 Å². The molecule has 1 aliphatic carbocycles. The second kappa shape index (κ2) is 9.67. The molecule has 0 amide bonds. The van der Waals surface area contributed by atoms with E-state index in [1.807, 2.05) is 7.05 Å². The Labute approximate surface area is 162 Å². The summed E-state index contributed by atoms with van der Waals surface area (Å²) in [5.74, 6) is 2.05. The molecule has 4 heteroatoms. The second-order valence-electron chi connectivity index (χ2n) is 6.15. The molecule has 0 aliphatic heterocycles. The highest BCUT2D eigenvalue weighted by Gasteiger charge is 2.21. The Morgan fingerprint density at radius 1 is 0.958 bits per heavy atom. The van der Waals surface area contributed by atoms with E-state index >= 15 is 0 Å². The maximum atomic E-state index is 4.34. The van der Waals surface area contributed by atoms with Crippen LogP contribution in [0.25, 0.3) is 0 Å². The molecule has 0 atom stereocenters. The van der Waals surface area contributed by atoms with Crippen LogP contribution in [0.2, 0.25) is 0 Å². The van der Waals surface area contributed by atoms with Crippen LogP contribution in [0.5, 0.6) is 0 Å². The minimum Gasteiger partial charge on any atom is -0.356 e. The number of rotatable bonds is 6. The number of nitrogens with zero attached hydrogens (tertiary/aromatic N) is 1. The maximum Gasteiger partial charge on any atom is 0.191 e. The lowest BCUT2D eigenvalue weighted by atomic mass is 9.91. The van der Waals surface area contributed by atoms with Crippen molar-refractivity contribution in [3.63, 3.8) is 0 Å². The number of aliphatic imine (C=N–C) groups is 1. The van der Waals surface area contributed by atoms with Gasteiger partial charge in [0.15, 0.2) is 5.96 Å². The van der Waals surface area contributed by atoms with Gasteiger partial charge in [-0.15, -0.1) is 24.0 Å². The number of benzene rings is 2. The van der Waals surface area contributed by atoms with Gasteiger partial charge in [0.1, 0.15) is 0 Å². The van der Waals surface area contributed by atoms with Crippen molar-refractivity contribution in [3.05, 3.63) is 71.8 Å². The van der Waals surface area contributed by atoms with Gasteiger partial charge in [0.05, 0.1) is 0 Å². The lowest BCUT2D eigenvalue weighted by Gasteiger charge is -2.20. The summed E-state index contributed by atoms with van der Waals surface area (Å²) in [6.07, 6.45) is 2.70. The van der Waals surface area contributed by atoms with Gasteiger partial charge >= 0.3 is 0 Å². The van der Waals surface area contributed by atoms with Crippen molar-refractivity contribution in [2.24, 2.45) is 10.9 Å². The SMILES string of the molecule is CN=C(NCC1CC1)NCC(c1ccccc1)c1ccccc1.I. The quantitative estimate of drug-likeness (QED) is 0.409. The first-order valence-electron chi connectivity index (χ1n) is 8.41. The molecule has 0 aromatic heterocycles. The van der Waals surface area contributed by atoms with Gasteiger partial charge in [-0.25, -0.2) is 0 Å². The minimum atomic E-state index is 0. The van der Waals surface area contributed by atoms with Crippen LogP contribution < -0.4 is 10.6 Å². The smallest absolute Gasteiger partial charge is 0.191 e. The molecule has 3 nitrogen and oxygen atoms in total. The van der Waals surface area contributed by atoms with E-state index in [1.165, 1.54) is 24.0 Å². The molecular formula is C20H26IN3. The molecular weight excluding hydrogens is 409 g/mol. The van der Waals surface area contributed by atoms with Crippen LogP contribution in [-0.2, 0) is 0 Å². The predicted octanol–water partition coefficient (Wildman–Crippen LogP) is 4.01. The number of hydrogen-bond donors (Lipinski definition) is 2. The summed E-state index contributed by atoms with van der Waals surface area (Å²) in [6, 6.07) is 21.3. The zero-order chi connectivity index (χ0) is 15.9. The Balaban J connectivity index is 0.00000208. The van der Waals surface area contributed by atoms with Crippen molar-refractivity contribution in [3.8, 4) is 0 Å². The maximum absolute atomic E-state index is 4.34. The van der Waals surface area contributed by atoms with E-state index in [2.05, 4.69) is 76.3 Å². The molecule has 2 aromatic carbocycles. The molecule has 0 saturated heterocycles. The van der Waals surface area contributed by atoms with Gasteiger partial charge in [-0.05, 0) is 29.9 Å². The summed E-state index contributed by atoms with van der Waals surface area (Å²) in [5, 5.41) is 6.92. The molecule has 0 unspecified atom stereocenters. The molecule has 24 heavy (non-hydrogen) atoms. The fraction of sp³-hybridized carbons (Fsp3) is 0.350. The fourth-order valence-electron chi connectivity index (χ4n) is 2.78. The fourth-order valence-corrected chi connectivity index (χ4v) is 2.78. The van der Waals surface area contributed by atoms with Gasteiger partial charge in [-0.2, -0.15) is 0 Å². The third-order valence-electron chi connectivity index (χ3n) is 4.36. The molecule has 0 bridgehead atoms. The van der Waals surface area contributed by atoms with Gasteiger partial charge in [-0.3, -0.25) is 4.99 Å². The highest BCUT2D eigenvalue weighted by Crippen LogP contribution is 2.27. The van der Waals surface area contributed by atoms with Crippen molar-refractivity contribution in [2.75, 3.05) is 20.1 Å². The van der Waals surface area contributed by atoms with Crippen molar-refractivity contribution in [2.45, 2.75) is 18.8 Å². The Morgan fingerprint density at radius 2 is 1.50 bits per heavy atom. The second-order valence-corrected chi connectivity index (χ2v) is 6.15. The Hall–Kier alpha value is -1.56. The lowest BCUT2D eigenvalue weighted by Crippen LogP contribution is -2.40. The van der Waals surface area contributed by atoms with E-state index < -0.39 is 0 Å². The van der Waals surface area contributed by atoms with Gasteiger partial charge in [0.25, 0.3) is 0 Å². The zero-order valence-corrected chi connectivity index (χ0v) is 16.4. The van der Waals surface area contributed by atoms with E-state index in [9.17, 15) is 0 Å². The molecule has 1 saturated carbocycles. The summed E-state index contributed by atoms with van der Waals surface area (Å²) < 4.78 is 0. The average Bonchev–Trinajstić information content (AvgIpc) is 3.44. The topological polar surface area (TPSA) is 36.4 Å². The van der Waals surface area contributed by atoms with E-state index in [0.29, 0.717) is 5.92 Å². The van der Waals surface area contributed by atoms with Crippen LogP contribution in [-0.4, -0.2) is 26.1 Å². The van der Waals surface area contributed by atoms with Crippen LogP contribution in [0, 0.1) is 5.92 Å². The van der Waals surface area contributed by atoms with Crippen molar-refractivity contribution in [1.29, 1.82) is 0 Å². The Morgan fingerprint density at radius 3 is 1.96 bits per heavy atom. The molecule has 1 aliphatic rings. The minimum absolute atomic E-state index is 0. The largest absolute Gasteiger partial charge is 0.356 e. The van der Waals surface area contributed by atoms with E-state index in [0.717, 1.165) is 25.0 Å². The van der Waals surface area contributed by atoms with Gasteiger partial charge < -0.3 is 10.6 Å². The third-order valence-corrected chi connectivity index (χ3v) is 4.36. The number of hydrogen-bond acceptors (Lipinski definition) is 1. The molecule has 128 valence electrons. The summed E-state index contributed by atoms with van der Waals surface area (Å²) in [4.78, 5) is 4.34. The lowest BCUT2D eigenvalue weighted by molar-refractivity contribution is 0.705. The van der Waals surface area contributed by atoms with E-state index in [-0.39, 0.29) is 24.0 Å². The van der Waals surface area contributed by atoms with Crippen LogP contribution in [0.15, 0.2) is 65.7 Å². The first kappa shape index (κ1) is 18.8. The molecule has 0 spiro atoms. The first-order valence-corrected chi connectivity index (χ1v) is 8.41. The van der Waals surface area contributed by atoms with Crippen LogP contribution in [0.4, 0.5) is 0 Å². The standard InChI is InChI=1S/C20H25N3.HI/c1-21-20(22-14-16-12-13-16)23-15-19(17-8-4-2-5-9-17)18-10-6-3-7-11-18;/h2-11,16,19H,12-15H2,1H3,(H2,21,22,23);1H. The predicted molar refractivity (Wildman–Crippen MR) is 112 cm³/mol. The van der Waals surface area contributed by atoms with Crippen LogP contribution in [0.3, 0.4) is 0 Å². The highest BCUT2D eigenvalue weighted by molar-refractivity contribution is 14.0. The van der Waals surface area contributed by atoms with Crippen molar-refractivity contribution < 1.29 is 0 Å². The van der Waals surface area contributed by atoms with Crippen LogP contribution >= 0.6 is 24.0 Å². The zero-order valence-electron chi connectivity index (χ0n) is 14.1. The number of halogens is 1. The molecule has 2 N–H and O–H groups in total. The molecule has 3 rings (SSSR count).